The summed E-state index contributed by atoms with van der Waals surface area (Å²) in [5, 5.41) is 3.47. The lowest BCUT2D eigenvalue weighted by Crippen LogP contribution is -2.49. The quantitative estimate of drug-likeness (QED) is 0.453. The number of benzene rings is 1. The van der Waals surface area contributed by atoms with E-state index in [-0.39, 0.29) is 28.8 Å². The highest BCUT2D eigenvalue weighted by Crippen LogP contribution is 2.35. The first-order valence-electron chi connectivity index (χ1n) is 14.0. The fourth-order valence-corrected chi connectivity index (χ4v) is 5.71. The van der Waals surface area contributed by atoms with Gasteiger partial charge in [0.2, 0.25) is 17.8 Å². The minimum atomic E-state index is -0.663. The molecule has 0 spiro atoms. The lowest BCUT2D eigenvalue weighted by atomic mass is 10.1. The predicted molar refractivity (Wildman–Crippen MR) is 159 cm³/mol. The number of nitrogens with zero attached hydrogens (tertiary/aromatic N) is 5. The van der Waals surface area contributed by atoms with Crippen molar-refractivity contribution in [3.8, 4) is 11.5 Å². The van der Waals surface area contributed by atoms with Gasteiger partial charge in [-0.1, -0.05) is 18.7 Å². The lowest BCUT2D eigenvalue weighted by Gasteiger charge is -2.34. The number of carbonyl (C=O) groups is 4. The number of ether oxygens (including phenoxy) is 3. The zero-order chi connectivity index (χ0) is 30.4. The van der Waals surface area contributed by atoms with Crippen LogP contribution >= 0.6 is 11.8 Å². The van der Waals surface area contributed by atoms with Gasteiger partial charge in [-0.3, -0.25) is 14.4 Å². The Morgan fingerprint density at radius 2 is 1.74 bits per heavy atom. The van der Waals surface area contributed by atoms with Crippen LogP contribution in [0, 0.1) is 5.92 Å². The minimum absolute atomic E-state index is 0.0498. The van der Waals surface area contributed by atoms with E-state index in [2.05, 4.69) is 5.32 Å². The van der Waals surface area contributed by atoms with Crippen LogP contribution in [0.2, 0.25) is 0 Å². The van der Waals surface area contributed by atoms with Gasteiger partial charge in [-0.05, 0) is 25.8 Å². The van der Waals surface area contributed by atoms with Gasteiger partial charge in [0.25, 0.3) is 0 Å². The summed E-state index contributed by atoms with van der Waals surface area (Å²) in [6.45, 7) is 7.62. The van der Waals surface area contributed by atoms with E-state index in [4.69, 9.17) is 24.2 Å². The maximum absolute atomic E-state index is 13.7. The Labute approximate surface area is 249 Å². The van der Waals surface area contributed by atoms with Gasteiger partial charge in [0.1, 0.15) is 11.9 Å². The van der Waals surface area contributed by atoms with Crippen LogP contribution < -0.4 is 19.7 Å². The van der Waals surface area contributed by atoms with E-state index in [0.29, 0.717) is 86.3 Å². The molecule has 2 aliphatic rings. The second-order valence-electron chi connectivity index (χ2n) is 10.2. The Bertz CT molecular complexity index is 1330. The molecule has 1 aromatic heterocycles. The maximum Gasteiger partial charge on any atom is 0.409 e. The van der Waals surface area contributed by atoms with E-state index in [0.717, 1.165) is 11.8 Å². The number of fused-ring (bicyclic) bond motifs is 1. The van der Waals surface area contributed by atoms with Crippen LogP contribution in [0.4, 0.5) is 16.6 Å². The van der Waals surface area contributed by atoms with Crippen LogP contribution in [-0.2, 0) is 19.1 Å². The van der Waals surface area contributed by atoms with Crippen LogP contribution in [0.15, 0.2) is 12.1 Å². The summed E-state index contributed by atoms with van der Waals surface area (Å²) in [6.07, 6.45) is 0.862. The summed E-state index contributed by atoms with van der Waals surface area (Å²) in [7, 11) is 3.05. The van der Waals surface area contributed by atoms with Crippen molar-refractivity contribution in [1.82, 2.24) is 19.8 Å². The fourth-order valence-electron chi connectivity index (χ4n) is 5.08. The number of nitrogens with one attached hydrogen (secondary N) is 1. The van der Waals surface area contributed by atoms with E-state index in [9.17, 15) is 19.2 Å². The molecule has 2 aromatic rings. The Morgan fingerprint density at radius 1 is 1.05 bits per heavy atom. The molecule has 2 fully saturated rings. The molecule has 13 nitrogen and oxygen atoms in total. The number of carbonyl (C=O) groups excluding carboxylic acids is 4. The third-order valence-corrected chi connectivity index (χ3v) is 8.39. The summed E-state index contributed by atoms with van der Waals surface area (Å²) < 4.78 is 16.1. The molecule has 228 valence electrons. The number of thioether (sulfide) groups is 1. The van der Waals surface area contributed by atoms with Crippen LogP contribution in [0.3, 0.4) is 0 Å². The molecule has 3 amide bonds. The molecular formula is C28H38N6O7S. The molecule has 2 saturated heterocycles. The second-order valence-corrected chi connectivity index (χ2v) is 11.3. The van der Waals surface area contributed by atoms with Gasteiger partial charge in [0.05, 0.1) is 26.3 Å². The standard InChI is InChI=1S/C28H38N6O7S/c1-6-41-28(38)33-12-10-32(11-13-33)27-29-20-15-23(40-5)22(39-4)14-19(20)24(31-27)30-25(36)21-8-7-9-34(21)26(37)17(2)16-42-18(3)35/h14-15,17,21H,6-13,16H2,1-5H3,(H,29,30,31,36). The molecule has 1 aromatic carbocycles. The van der Waals surface area contributed by atoms with E-state index in [1.807, 2.05) is 4.90 Å². The first-order chi connectivity index (χ1) is 20.2. The van der Waals surface area contributed by atoms with Gasteiger partial charge >= 0.3 is 6.09 Å². The molecule has 4 rings (SSSR count). The Balaban J connectivity index is 1.61. The highest BCUT2D eigenvalue weighted by Gasteiger charge is 2.36. The van der Waals surface area contributed by atoms with Crippen molar-refractivity contribution in [3.05, 3.63) is 12.1 Å². The van der Waals surface area contributed by atoms with E-state index < -0.39 is 12.0 Å². The second kappa shape index (κ2) is 13.9. The summed E-state index contributed by atoms with van der Waals surface area (Å²) in [5.41, 5.74) is 0.537. The number of aromatic nitrogens is 2. The highest BCUT2D eigenvalue weighted by molar-refractivity contribution is 8.13. The molecule has 0 aliphatic carbocycles. The fraction of sp³-hybridized carbons (Fsp3) is 0.571. The van der Waals surface area contributed by atoms with Crippen molar-refractivity contribution in [2.45, 2.75) is 39.7 Å². The summed E-state index contributed by atoms with van der Waals surface area (Å²) in [4.78, 5) is 65.1. The Hall–Kier alpha value is -3.81. The molecule has 42 heavy (non-hydrogen) atoms. The van der Waals surface area contributed by atoms with E-state index in [1.165, 1.54) is 21.1 Å². The first kappa shape index (κ1) is 31.1. The van der Waals surface area contributed by atoms with Crippen LogP contribution in [0.1, 0.15) is 33.6 Å². The number of likely N-dealkylation sites (tertiary alicyclic amines) is 1. The average molecular weight is 603 g/mol. The van der Waals surface area contributed by atoms with Crippen LogP contribution in [0.5, 0.6) is 11.5 Å². The summed E-state index contributed by atoms with van der Waals surface area (Å²) in [5.74, 6) is 1.07. The molecule has 3 heterocycles. The Morgan fingerprint density at radius 3 is 2.38 bits per heavy atom. The number of amides is 3. The monoisotopic (exact) mass is 602 g/mol. The molecule has 1 N–H and O–H groups in total. The third kappa shape index (κ3) is 6.97. The lowest BCUT2D eigenvalue weighted by molar-refractivity contribution is -0.139. The predicted octanol–water partition coefficient (Wildman–Crippen LogP) is 2.77. The number of hydrogen-bond acceptors (Lipinski definition) is 11. The Kier molecular flexibility index (Phi) is 10.3. The minimum Gasteiger partial charge on any atom is -0.493 e. The van der Waals surface area contributed by atoms with Crippen molar-refractivity contribution in [3.63, 3.8) is 0 Å². The number of rotatable bonds is 9. The van der Waals surface area contributed by atoms with E-state index >= 15 is 0 Å². The average Bonchev–Trinajstić information content (AvgIpc) is 3.49. The number of piperazine rings is 1. The smallest absolute Gasteiger partial charge is 0.409 e. The van der Waals surface area contributed by atoms with Gasteiger partial charge < -0.3 is 34.2 Å². The molecule has 14 heteroatoms. The largest absolute Gasteiger partial charge is 0.493 e. The molecular weight excluding hydrogens is 564 g/mol. The van der Waals surface area contributed by atoms with Gasteiger partial charge in [0, 0.05) is 62.8 Å². The van der Waals surface area contributed by atoms with Crippen LogP contribution in [0.25, 0.3) is 10.9 Å². The van der Waals surface area contributed by atoms with Gasteiger partial charge in [0.15, 0.2) is 16.6 Å². The SMILES string of the molecule is CCOC(=O)N1CCN(c2nc(NC(=O)C3CCCN3C(=O)C(C)CSC(C)=O)c3cc(OC)c(OC)cc3n2)CC1. The molecule has 0 bridgehead atoms. The molecule has 2 atom stereocenters. The summed E-state index contributed by atoms with van der Waals surface area (Å²) >= 11 is 1.11. The number of anilines is 2. The topological polar surface area (TPSA) is 144 Å². The molecule has 0 saturated carbocycles. The number of hydrogen-bond donors (Lipinski definition) is 1. The molecule has 2 unspecified atom stereocenters. The summed E-state index contributed by atoms with van der Waals surface area (Å²) in [6, 6.07) is 2.78. The zero-order valence-corrected chi connectivity index (χ0v) is 25.5. The van der Waals surface area contributed by atoms with Crippen molar-refractivity contribution >= 4 is 57.5 Å². The highest BCUT2D eigenvalue weighted by atomic mass is 32.2. The van der Waals surface area contributed by atoms with Gasteiger partial charge in [-0.15, -0.1) is 0 Å². The van der Waals surface area contributed by atoms with Crippen LogP contribution in [-0.4, -0.2) is 108 Å². The molecule has 0 radical (unpaired) electrons. The van der Waals surface area contributed by atoms with Crippen molar-refractivity contribution in [2.24, 2.45) is 5.92 Å². The van der Waals surface area contributed by atoms with Crippen molar-refractivity contribution in [1.29, 1.82) is 0 Å². The normalized spacial score (nSPS) is 17.6. The maximum atomic E-state index is 13.7. The van der Waals surface area contributed by atoms with Crippen molar-refractivity contribution in [2.75, 3.05) is 69.5 Å². The van der Waals surface area contributed by atoms with E-state index in [1.54, 1.807) is 35.8 Å². The van der Waals surface area contributed by atoms with Gasteiger partial charge in [-0.2, -0.15) is 4.98 Å². The zero-order valence-electron chi connectivity index (χ0n) is 24.7. The number of methoxy groups -OCH3 is 2. The van der Waals surface area contributed by atoms with Gasteiger partial charge in [-0.25, -0.2) is 9.78 Å². The molecule has 2 aliphatic heterocycles. The third-order valence-electron chi connectivity index (χ3n) is 7.32. The first-order valence-corrected chi connectivity index (χ1v) is 15.0. The van der Waals surface area contributed by atoms with Crippen molar-refractivity contribution < 1.29 is 33.4 Å².